The zero-order valence-corrected chi connectivity index (χ0v) is 11.4. The second-order valence-electron chi connectivity index (χ2n) is 4.72. The number of ether oxygens (including phenoxy) is 1. The molecule has 0 atom stereocenters. The van der Waals surface area contributed by atoms with Crippen LogP contribution >= 0.6 is 0 Å². The Morgan fingerprint density at radius 2 is 1.88 bits per heavy atom. The predicted molar refractivity (Wildman–Crippen MR) is 73.7 cm³/mol. The lowest BCUT2D eigenvalue weighted by molar-refractivity contribution is 0.305. The number of unbranched alkanes of at least 4 members (excludes halogenated alkanes) is 1. The van der Waals surface area contributed by atoms with E-state index in [2.05, 4.69) is 50.2 Å². The van der Waals surface area contributed by atoms with E-state index in [1.54, 1.807) is 0 Å². The van der Waals surface area contributed by atoms with Crippen LogP contribution in [0.4, 0.5) is 0 Å². The fourth-order valence-electron chi connectivity index (χ4n) is 1.76. The Morgan fingerprint density at radius 3 is 2.59 bits per heavy atom. The van der Waals surface area contributed by atoms with Gasteiger partial charge in [-0.1, -0.05) is 31.5 Å². The van der Waals surface area contributed by atoms with Crippen LogP contribution in [0.15, 0.2) is 24.3 Å². The van der Waals surface area contributed by atoms with E-state index in [9.17, 15) is 0 Å². The highest BCUT2D eigenvalue weighted by molar-refractivity contribution is 5.33. The maximum atomic E-state index is 5.82. The van der Waals surface area contributed by atoms with Gasteiger partial charge in [0.15, 0.2) is 0 Å². The smallest absolute Gasteiger partial charge is 0.122 e. The first-order valence-electron chi connectivity index (χ1n) is 6.59. The number of hydrogen-bond donors (Lipinski definition) is 0. The van der Waals surface area contributed by atoms with Crippen molar-refractivity contribution < 1.29 is 4.74 Å². The third-order valence-corrected chi connectivity index (χ3v) is 2.78. The molecule has 2 heteroatoms. The van der Waals surface area contributed by atoms with E-state index in [1.165, 1.54) is 18.4 Å². The molecule has 96 valence electrons. The van der Waals surface area contributed by atoms with Crippen molar-refractivity contribution >= 4 is 0 Å². The second-order valence-corrected chi connectivity index (χ2v) is 4.72. The molecule has 0 spiro atoms. The Kier molecular flexibility index (Phi) is 6.71. The summed E-state index contributed by atoms with van der Waals surface area (Å²) >= 11 is 0. The summed E-state index contributed by atoms with van der Waals surface area (Å²) in [6, 6.07) is 8.41. The molecule has 0 radical (unpaired) electrons. The second kappa shape index (κ2) is 8.13. The molecule has 0 bridgehead atoms. The molecule has 0 unspecified atom stereocenters. The summed E-state index contributed by atoms with van der Waals surface area (Å²) in [5, 5.41) is 0. The average molecular weight is 235 g/mol. The maximum absolute atomic E-state index is 5.82. The van der Waals surface area contributed by atoms with Crippen LogP contribution in [0.2, 0.25) is 0 Å². The highest BCUT2D eigenvalue weighted by Crippen LogP contribution is 2.19. The lowest BCUT2D eigenvalue weighted by Gasteiger charge is -2.12. The standard InChI is InChI=1S/C15H25NO/c1-4-5-13-17-15-11-7-6-9-14(15)10-8-12-16(2)3/h6-7,9,11H,4-5,8,10,12-13H2,1-3H3. The third-order valence-electron chi connectivity index (χ3n) is 2.78. The average Bonchev–Trinajstić information content (AvgIpc) is 2.31. The van der Waals surface area contributed by atoms with Gasteiger partial charge >= 0.3 is 0 Å². The van der Waals surface area contributed by atoms with E-state index < -0.39 is 0 Å². The minimum atomic E-state index is 0.835. The molecule has 0 saturated heterocycles. The molecular formula is C15H25NO. The van der Waals surface area contributed by atoms with Gasteiger partial charge in [-0.15, -0.1) is 0 Å². The first-order chi connectivity index (χ1) is 8.24. The van der Waals surface area contributed by atoms with Gasteiger partial charge in [-0.2, -0.15) is 0 Å². The van der Waals surface area contributed by atoms with Crippen molar-refractivity contribution in [2.45, 2.75) is 32.6 Å². The summed E-state index contributed by atoms with van der Waals surface area (Å²) < 4.78 is 5.82. The van der Waals surface area contributed by atoms with Gasteiger partial charge < -0.3 is 9.64 Å². The molecule has 0 aliphatic rings. The summed E-state index contributed by atoms with van der Waals surface area (Å²) in [7, 11) is 4.23. The Morgan fingerprint density at radius 1 is 1.12 bits per heavy atom. The van der Waals surface area contributed by atoms with Crippen molar-refractivity contribution in [1.29, 1.82) is 0 Å². The van der Waals surface area contributed by atoms with Gasteiger partial charge in [-0.05, 0) is 51.5 Å². The van der Waals surface area contributed by atoms with Crippen molar-refractivity contribution in [3.05, 3.63) is 29.8 Å². The Balaban J connectivity index is 2.46. The highest BCUT2D eigenvalue weighted by atomic mass is 16.5. The molecule has 0 heterocycles. The van der Waals surface area contributed by atoms with E-state index in [1.807, 2.05) is 0 Å². The largest absolute Gasteiger partial charge is 0.493 e. The van der Waals surface area contributed by atoms with E-state index >= 15 is 0 Å². The van der Waals surface area contributed by atoms with Crippen LogP contribution in [0, 0.1) is 0 Å². The molecule has 0 fully saturated rings. The van der Waals surface area contributed by atoms with Crippen molar-refractivity contribution in [1.82, 2.24) is 4.90 Å². The summed E-state index contributed by atoms with van der Waals surface area (Å²) in [4.78, 5) is 2.22. The Bertz CT molecular complexity index is 310. The van der Waals surface area contributed by atoms with Crippen LogP contribution in [-0.2, 0) is 6.42 Å². The molecule has 0 aliphatic carbocycles. The molecule has 1 rings (SSSR count). The topological polar surface area (TPSA) is 12.5 Å². The highest BCUT2D eigenvalue weighted by Gasteiger charge is 2.02. The predicted octanol–water partition coefficient (Wildman–Crippen LogP) is 3.36. The minimum Gasteiger partial charge on any atom is -0.493 e. The molecule has 1 aromatic rings. The fourth-order valence-corrected chi connectivity index (χ4v) is 1.76. The quantitative estimate of drug-likeness (QED) is 0.641. The summed E-state index contributed by atoms with van der Waals surface area (Å²) in [5.74, 6) is 1.07. The first kappa shape index (κ1) is 14.0. The first-order valence-corrected chi connectivity index (χ1v) is 6.59. The van der Waals surface area contributed by atoms with Crippen molar-refractivity contribution in [2.75, 3.05) is 27.2 Å². The lowest BCUT2D eigenvalue weighted by atomic mass is 10.1. The molecule has 0 N–H and O–H groups in total. The number of aryl methyl sites for hydroxylation is 1. The summed E-state index contributed by atoms with van der Waals surface area (Å²) in [6.07, 6.45) is 4.59. The number of para-hydroxylation sites is 1. The van der Waals surface area contributed by atoms with Crippen LogP contribution in [-0.4, -0.2) is 32.1 Å². The van der Waals surface area contributed by atoms with Gasteiger partial charge in [0.2, 0.25) is 0 Å². The zero-order valence-electron chi connectivity index (χ0n) is 11.4. The van der Waals surface area contributed by atoms with Crippen LogP contribution in [0.25, 0.3) is 0 Å². The van der Waals surface area contributed by atoms with Crippen LogP contribution in [0.5, 0.6) is 5.75 Å². The van der Waals surface area contributed by atoms with E-state index in [0.717, 1.165) is 31.7 Å². The zero-order chi connectivity index (χ0) is 12.5. The molecule has 0 saturated carbocycles. The number of hydrogen-bond acceptors (Lipinski definition) is 2. The maximum Gasteiger partial charge on any atom is 0.122 e. The van der Waals surface area contributed by atoms with Gasteiger partial charge in [0.25, 0.3) is 0 Å². The third kappa shape index (κ3) is 5.73. The summed E-state index contributed by atoms with van der Waals surface area (Å²) in [5.41, 5.74) is 1.34. The molecule has 2 nitrogen and oxygen atoms in total. The van der Waals surface area contributed by atoms with E-state index in [0.29, 0.717) is 0 Å². The van der Waals surface area contributed by atoms with Gasteiger partial charge in [0, 0.05) is 0 Å². The van der Waals surface area contributed by atoms with Crippen LogP contribution < -0.4 is 4.74 Å². The molecular weight excluding hydrogens is 210 g/mol. The normalized spacial score (nSPS) is 10.8. The van der Waals surface area contributed by atoms with Gasteiger partial charge in [-0.25, -0.2) is 0 Å². The van der Waals surface area contributed by atoms with Gasteiger partial charge in [0.1, 0.15) is 5.75 Å². The molecule has 0 amide bonds. The van der Waals surface area contributed by atoms with E-state index in [4.69, 9.17) is 4.74 Å². The lowest BCUT2D eigenvalue weighted by Crippen LogP contribution is -2.13. The van der Waals surface area contributed by atoms with Crippen molar-refractivity contribution in [2.24, 2.45) is 0 Å². The Hall–Kier alpha value is -1.02. The monoisotopic (exact) mass is 235 g/mol. The molecule has 0 aliphatic heterocycles. The Labute approximate surface area is 106 Å². The van der Waals surface area contributed by atoms with Gasteiger partial charge in [-0.3, -0.25) is 0 Å². The minimum absolute atomic E-state index is 0.835. The number of benzene rings is 1. The molecule has 17 heavy (non-hydrogen) atoms. The molecule has 1 aromatic carbocycles. The fraction of sp³-hybridized carbons (Fsp3) is 0.600. The number of rotatable bonds is 8. The van der Waals surface area contributed by atoms with Crippen LogP contribution in [0.1, 0.15) is 31.7 Å². The van der Waals surface area contributed by atoms with E-state index in [-0.39, 0.29) is 0 Å². The van der Waals surface area contributed by atoms with Crippen LogP contribution in [0.3, 0.4) is 0 Å². The van der Waals surface area contributed by atoms with Crippen molar-refractivity contribution in [3.63, 3.8) is 0 Å². The summed E-state index contributed by atoms with van der Waals surface area (Å²) in [6.45, 7) is 4.15. The number of nitrogens with zero attached hydrogens (tertiary/aromatic N) is 1. The SMILES string of the molecule is CCCCOc1ccccc1CCCN(C)C. The van der Waals surface area contributed by atoms with Crippen molar-refractivity contribution in [3.8, 4) is 5.75 Å². The van der Waals surface area contributed by atoms with Gasteiger partial charge in [0.05, 0.1) is 6.61 Å². The molecule has 0 aromatic heterocycles.